The third-order valence-corrected chi connectivity index (χ3v) is 3.77. The number of hydrogen-bond donors (Lipinski definition) is 2. The normalized spacial score (nSPS) is 10.5. The van der Waals surface area contributed by atoms with E-state index in [2.05, 4.69) is 4.98 Å². The highest BCUT2D eigenvalue weighted by Crippen LogP contribution is 2.21. The van der Waals surface area contributed by atoms with Crippen LogP contribution in [0, 0.1) is 20.8 Å². The molecule has 0 saturated heterocycles. The average Bonchev–Trinajstić information content (AvgIpc) is 2.81. The van der Waals surface area contributed by atoms with Crippen LogP contribution in [0.15, 0.2) is 18.2 Å². The van der Waals surface area contributed by atoms with Crippen molar-refractivity contribution >= 4 is 17.5 Å². The Kier molecular flexibility index (Phi) is 4.87. The molecule has 0 radical (unpaired) electrons. The Morgan fingerprint density at radius 3 is 2.42 bits per heavy atom. The molecular formula is C18H19NO5. The fourth-order valence-electron chi connectivity index (χ4n) is 2.65. The summed E-state index contributed by atoms with van der Waals surface area (Å²) < 4.78 is 4.99. The fourth-order valence-corrected chi connectivity index (χ4v) is 2.65. The lowest BCUT2D eigenvalue weighted by Crippen LogP contribution is -2.15. The minimum absolute atomic E-state index is 0.00612. The van der Waals surface area contributed by atoms with Crippen LogP contribution in [0.4, 0.5) is 0 Å². The predicted molar refractivity (Wildman–Crippen MR) is 87.7 cm³/mol. The first-order valence-corrected chi connectivity index (χ1v) is 7.42. The van der Waals surface area contributed by atoms with Crippen molar-refractivity contribution in [1.82, 2.24) is 4.98 Å². The lowest BCUT2D eigenvalue weighted by molar-refractivity contribution is 0.0470. The first kappa shape index (κ1) is 17.5. The highest BCUT2D eigenvalue weighted by molar-refractivity contribution is 6.04. The maximum Gasteiger partial charge on any atom is 0.342 e. The molecule has 0 saturated carbocycles. The van der Waals surface area contributed by atoms with Gasteiger partial charge in [0.25, 0.3) is 0 Å². The summed E-state index contributed by atoms with van der Waals surface area (Å²) in [6, 6.07) is 4.54. The zero-order valence-corrected chi connectivity index (χ0v) is 14.0. The second kappa shape index (κ2) is 6.70. The Morgan fingerprint density at radius 2 is 1.83 bits per heavy atom. The molecule has 0 amide bonds. The number of carbonyl (C=O) groups excluding carboxylic acids is 3. The zero-order chi connectivity index (χ0) is 18.0. The number of aromatic hydroxyl groups is 1. The SMILES string of the molecule is CC(=O)c1c(C)[nH]c(C(=O)COC(=O)c2cc(C)ccc2O)c1C. The van der Waals surface area contributed by atoms with Gasteiger partial charge in [-0.3, -0.25) is 9.59 Å². The van der Waals surface area contributed by atoms with E-state index in [1.807, 2.05) is 0 Å². The quantitative estimate of drug-likeness (QED) is 0.649. The summed E-state index contributed by atoms with van der Waals surface area (Å²) in [6.07, 6.45) is 0. The van der Waals surface area contributed by atoms with Gasteiger partial charge in [-0.15, -0.1) is 0 Å². The van der Waals surface area contributed by atoms with Gasteiger partial charge in [0.2, 0.25) is 5.78 Å². The standard InChI is InChI=1S/C18H19NO5/c1-9-5-6-14(21)13(7-9)18(23)24-8-15(22)17-10(2)16(12(4)20)11(3)19-17/h5-7,19,21H,8H2,1-4H3. The topological polar surface area (TPSA) is 96.5 Å². The van der Waals surface area contributed by atoms with Crippen LogP contribution < -0.4 is 0 Å². The summed E-state index contributed by atoms with van der Waals surface area (Å²) >= 11 is 0. The maximum atomic E-state index is 12.3. The summed E-state index contributed by atoms with van der Waals surface area (Å²) in [7, 11) is 0. The molecule has 0 spiro atoms. The minimum atomic E-state index is -0.780. The first-order chi connectivity index (χ1) is 11.2. The average molecular weight is 329 g/mol. The molecule has 126 valence electrons. The second-order valence-electron chi connectivity index (χ2n) is 5.70. The molecule has 2 N–H and O–H groups in total. The molecule has 6 heteroatoms. The molecule has 6 nitrogen and oxygen atoms in total. The smallest absolute Gasteiger partial charge is 0.342 e. The van der Waals surface area contributed by atoms with Crippen LogP contribution in [-0.4, -0.2) is 34.2 Å². The molecule has 1 heterocycles. The molecule has 0 bridgehead atoms. The number of phenols is 1. The van der Waals surface area contributed by atoms with E-state index in [0.29, 0.717) is 16.8 Å². The number of nitrogens with one attached hydrogen (secondary N) is 1. The van der Waals surface area contributed by atoms with Crippen LogP contribution in [-0.2, 0) is 4.74 Å². The van der Waals surface area contributed by atoms with Gasteiger partial charge < -0.3 is 14.8 Å². The van der Waals surface area contributed by atoms with Crippen molar-refractivity contribution in [3.63, 3.8) is 0 Å². The van der Waals surface area contributed by atoms with Crippen molar-refractivity contribution in [3.8, 4) is 5.75 Å². The number of benzene rings is 1. The number of hydrogen-bond acceptors (Lipinski definition) is 5. The van der Waals surface area contributed by atoms with Crippen LogP contribution >= 0.6 is 0 Å². The number of rotatable bonds is 5. The van der Waals surface area contributed by atoms with E-state index >= 15 is 0 Å². The lowest BCUT2D eigenvalue weighted by Gasteiger charge is -2.07. The van der Waals surface area contributed by atoms with Gasteiger partial charge in [-0.2, -0.15) is 0 Å². The second-order valence-corrected chi connectivity index (χ2v) is 5.70. The minimum Gasteiger partial charge on any atom is -0.507 e. The van der Waals surface area contributed by atoms with Gasteiger partial charge in [-0.25, -0.2) is 4.79 Å². The van der Waals surface area contributed by atoms with Crippen LogP contribution in [0.2, 0.25) is 0 Å². The van der Waals surface area contributed by atoms with Crippen molar-refractivity contribution in [2.45, 2.75) is 27.7 Å². The Hall–Kier alpha value is -2.89. The van der Waals surface area contributed by atoms with E-state index in [9.17, 15) is 19.5 Å². The maximum absolute atomic E-state index is 12.3. The van der Waals surface area contributed by atoms with E-state index in [0.717, 1.165) is 5.56 Å². The number of ether oxygens (including phenoxy) is 1. The number of aromatic nitrogens is 1. The molecule has 0 aliphatic rings. The number of ketones is 2. The van der Waals surface area contributed by atoms with Crippen molar-refractivity contribution in [3.05, 3.63) is 51.8 Å². The Bertz CT molecular complexity index is 832. The molecule has 2 rings (SSSR count). The molecule has 0 aliphatic heterocycles. The van der Waals surface area contributed by atoms with Gasteiger partial charge >= 0.3 is 5.97 Å². The lowest BCUT2D eigenvalue weighted by atomic mass is 10.1. The van der Waals surface area contributed by atoms with E-state index in [1.165, 1.54) is 19.1 Å². The van der Waals surface area contributed by atoms with Gasteiger partial charge in [0.15, 0.2) is 12.4 Å². The summed E-state index contributed by atoms with van der Waals surface area (Å²) in [5, 5.41) is 9.70. The molecule has 0 fully saturated rings. The van der Waals surface area contributed by atoms with E-state index in [1.54, 1.807) is 26.8 Å². The number of H-pyrrole nitrogens is 1. The summed E-state index contributed by atoms with van der Waals surface area (Å²) in [4.78, 5) is 38.7. The third-order valence-electron chi connectivity index (χ3n) is 3.77. The van der Waals surface area contributed by atoms with E-state index in [-0.39, 0.29) is 22.8 Å². The van der Waals surface area contributed by atoms with E-state index < -0.39 is 18.4 Å². The highest BCUT2D eigenvalue weighted by Gasteiger charge is 2.21. The van der Waals surface area contributed by atoms with Crippen LogP contribution in [0.3, 0.4) is 0 Å². The van der Waals surface area contributed by atoms with Crippen molar-refractivity contribution in [2.75, 3.05) is 6.61 Å². The van der Waals surface area contributed by atoms with Gasteiger partial charge in [0.05, 0.1) is 5.69 Å². The van der Waals surface area contributed by atoms with Gasteiger partial charge in [0, 0.05) is 11.3 Å². The number of Topliss-reactive ketones (excluding diaryl/α,β-unsaturated/α-hetero) is 2. The number of aryl methyl sites for hydroxylation is 2. The third kappa shape index (κ3) is 3.37. The Balaban J connectivity index is 2.14. The van der Waals surface area contributed by atoms with Crippen molar-refractivity contribution < 1.29 is 24.2 Å². The molecular weight excluding hydrogens is 310 g/mol. The van der Waals surface area contributed by atoms with Crippen molar-refractivity contribution in [2.24, 2.45) is 0 Å². The Morgan fingerprint density at radius 1 is 1.17 bits per heavy atom. The Labute approximate surface area is 139 Å². The van der Waals surface area contributed by atoms with Crippen molar-refractivity contribution in [1.29, 1.82) is 0 Å². The molecule has 0 unspecified atom stereocenters. The predicted octanol–water partition coefficient (Wildman–Crippen LogP) is 2.89. The van der Waals surface area contributed by atoms with Crippen LogP contribution in [0.5, 0.6) is 5.75 Å². The number of phenolic OH excluding ortho intramolecular Hbond substituents is 1. The molecule has 2 aromatic rings. The monoisotopic (exact) mass is 329 g/mol. The molecule has 1 aromatic heterocycles. The molecule has 0 aliphatic carbocycles. The number of aromatic amines is 1. The molecule has 0 atom stereocenters. The molecule has 1 aromatic carbocycles. The van der Waals surface area contributed by atoms with E-state index in [4.69, 9.17) is 4.74 Å². The fraction of sp³-hybridized carbons (Fsp3) is 0.278. The van der Waals surface area contributed by atoms with Gasteiger partial charge in [0.1, 0.15) is 11.3 Å². The summed E-state index contributed by atoms with van der Waals surface area (Å²) in [6.45, 7) is 6.09. The number of esters is 1. The summed E-state index contributed by atoms with van der Waals surface area (Å²) in [5.74, 6) is -1.56. The zero-order valence-electron chi connectivity index (χ0n) is 14.0. The van der Waals surface area contributed by atoms with Gasteiger partial charge in [-0.05, 0) is 45.4 Å². The highest BCUT2D eigenvalue weighted by atomic mass is 16.5. The largest absolute Gasteiger partial charge is 0.507 e. The summed E-state index contributed by atoms with van der Waals surface area (Å²) in [5.41, 5.74) is 2.66. The van der Waals surface area contributed by atoms with Gasteiger partial charge in [-0.1, -0.05) is 11.6 Å². The van der Waals surface area contributed by atoms with Crippen LogP contribution in [0.25, 0.3) is 0 Å². The first-order valence-electron chi connectivity index (χ1n) is 7.42. The van der Waals surface area contributed by atoms with Crippen LogP contribution in [0.1, 0.15) is 54.9 Å². The molecule has 24 heavy (non-hydrogen) atoms. The number of carbonyl (C=O) groups is 3.